The maximum absolute atomic E-state index is 11.4. The number of carboxylic acid groups (broad SMARTS) is 1. The van der Waals surface area contributed by atoms with E-state index in [9.17, 15) is 9.59 Å². The van der Waals surface area contributed by atoms with Crippen LogP contribution in [0.4, 0.5) is 0 Å². The van der Waals surface area contributed by atoms with Crippen molar-refractivity contribution in [3.63, 3.8) is 0 Å². The Bertz CT molecular complexity index is 374. The molecule has 1 aromatic rings. The predicted molar refractivity (Wildman–Crippen MR) is 52.9 cm³/mol. The van der Waals surface area contributed by atoms with Gasteiger partial charge in [0.15, 0.2) is 0 Å². The lowest BCUT2D eigenvalue weighted by molar-refractivity contribution is -0.140. The molecular formula is C9H10ClNO4. The molecule has 6 heteroatoms. The molecule has 1 atom stereocenters. The fourth-order valence-electron chi connectivity index (χ4n) is 0.884. The molecule has 0 saturated carbocycles. The summed E-state index contributed by atoms with van der Waals surface area (Å²) in [5, 5.41) is 11.0. The Morgan fingerprint density at radius 2 is 2.33 bits per heavy atom. The van der Waals surface area contributed by atoms with Gasteiger partial charge in [-0.3, -0.25) is 9.59 Å². The fraction of sp³-hybridized carbons (Fsp3) is 0.333. The number of aliphatic carboxylic acids is 1. The van der Waals surface area contributed by atoms with Gasteiger partial charge in [0.25, 0.3) is 5.91 Å². The van der Waals surface area contributed by atoms with Gasteiger partial charge in [0.2, 0.25) is 5.22 Å². The van der Waals surface area contributed by atoms with E-state index in [4.69, 9.17) is 21.1 Å². The highest BCUT2D eigenvalue weighted by atomic mass is 35.5. The zero-order valence-corrected chi connectivity index (χ0v) is 8.75. The van der Waals surface area contributed by atoms with Crippen LogP contribution in [0.2, 0.25) is 5.22 Å². The first kappa shape index (κ1) is 11.6. The number of amides is 1. The summed E-state index contributed by atoms with van der Waals surface area (Å²) in [7, 11) is 0. The maximum Gasteiger partial charge on any atom is 0.308 e. The third-order valence-electron chi connectivity index (χ3n) is 1.85. The van der Waals surface area contributed by atoms with Crippen molar-refractivity contribution in [1.29, 1.82) is 0 Å². The van der Waals surface area contributed by atoms with E-state index < -0.39 is 17.8 Å². The Morgan fingerprint density at radius 3 is 2.80 bits per heavy atom. The molecule has 1 amide bonds. The van der Waals surface area contributed by atoms with Gasteiger partial charge in [0.05, 0.1) is 17.7 Å². The van der Waals surface area contributed by atoms with E-state index in [1.54, 1.807) is 0 Å². The molecule has 82 valence electrons. The van der Waals surface area contributed by atoms with Crippen molar-refractivity contribution in [3.8, 4) is 0 Å². The Balaban J connectivity index is 2.51. The molecule has 1 heterocycles. The van der Waals surface area contributed by atoms with Crippen LogP contribution in [0.25, 0.3) is 0 Å². The van der Waals surface area contributed by atoms with E-state index in [1.807, 2.05) is 0 Å². The smallest absolute Gasteiger partial charge is 0.308 e. The van der Waals surface area contributed by atoms with Crippen molar-refractivity contribution < 1.29 is 19.1 Å². The van der Waals surface area contributed by atoms with Crippen molar-refractivity contribution >= 4 is 23.5 Å². The molecule has 0 bridgehead atoms. The average molecular weight is 232 g/mol. The maximum atomic E-state index is 11.4. The number of carbonyl (C=O) groups is 2. The highest BCUT2D eigenvalue weighted by molar-refractivity contribution is 6.32. The SMILES string of the molecule is CC(CNC(=O)c1ccoc1Cl)C(=O)O. The van der Waals surface area contributed by atoms with Gasteiger partial charge >= 0.3 is 5.97 Å². The summed E-state index contributed by atoms with van der Waals surface area (Å²) in [6.45, 7) is 1.55. The van der Waals surface area contributed by atoms with Crippen molar-refractivity contribution in [3.05, 3.63) is 23.1 Å². The molecule has 5 nitrogen and oxygen atoms in total. The number of nitrogens with one attached hydrogen (secondary N) is 1. The summed E-state index contributed by atoms with van der Waals surface area (Å²) in [6.07, 6.45) is 1.29. The minimum absolute atomic E-state index is 0.00419. The molecule has 0 radical (unpaired) electrons. The highest BCUT2D eigenvalue weighted by Gasteiger charge is 2.16. The second kappa shape index (κ2) is 4.84. The predicted octanol–water partition coefficient (Wildman–Crippen LogP) is 1.38. The van der Waals surface area contributed by atoms with Crippen LogP contribution in [-0.4, -0.2) is 23.5 Å². The van der Waals surface area contributed by atoms with E-state index in [1.165, 1.54) is 19.3 Å². The number of carbonyl (C=O) groups excluding carboxylic acids is 1. The van der Waals surface area contributed by atoms with Gasteiger partial charge in [0, 0.05) is 6.54 Å². The molecule has 2 N–H and O–H groups in total. The normalized spacial score (nSPS) is 12.1. The number of halogens is 1. The van der Waals surface area contributed by atoms with E-state index >= 15 is 0 Å². The van der Waals surface area contributed by atoms with Gasteiger partial charge < -0.3 is 14.8 Å². The van der Waals surface area contributed by atoms with Crippen LogP contribution in [0, 0.1) is 5.92 Å². The number of hydrogen-bond donors (Lipinski definition) is 2. The van der Waals surface area contributed by atoms with Crippen LogP contribution >= 0.6 is 11.6 Å². The minimum atomic E-state index is -0.964. The monoisotopic (exact) mass is 231 g/mol. The summed E-state index contributed by atoms with van der Waals surface area (Å²) in [5.74, 6) is -2.05. The highest BCUT2D eigenvalue weighted by Crippen LogP contribution is 2.16. The van der Waals surface area contributed by atoms with Gasteiger partial charge in [0.1, 0.15) is 0 Å². The first-order chi connectivity index (χ1) is 7.02. The summed E-state index contributed by atoms with van der Waals surface area (Å²) in [6, 6.07) is 1.42. The van der Waals surface area contributed by atoms with Gasteiger partial charge in [-0.25, -0.2) is 0 Å². The molecule has 0 aliphatic heterocycles. The summed E-state index contributed by atoms with van der Waals surface area (Å²) >= 11 is 5.57. The van der Waals surface area contributed by atoms with Crippen LogP contribution < -0.4 is 5.32 Å². The lowest BCUT2D eigenvalue weighted by Gasteiger charge is -2.07. The van der Waals surface area contributed by atoms with Crippen LogP contribution in [0.3, 0.4) is 0 Å². The fourth-order valence-corrected chi connectivity index (χ4v) is 1.08. The zero-order chi connectivity index (χ0) is 11.4. The van der Waals surface area contributed by atoms with Crippen LogP contribution in [0.5, 0.6) is 0 Å². The van der Waals surface area contributed by atoms with Crippen LogP contribution in [-0.2, 0) is 4.79 Å². The molecular weight excluding hydrogens is 222 g/mol. The third kappa shape index (κ3) is 2.99. The third-order valence-corrected chi connectivity index (χ3v) is 2.15. The van der Waals surface area contributed by atoms with Crippen LogP contribution in [0.15, 0.2) is 16.7 Å². The van der Waals surface area contributed by atoms with Gasteiger partial charge in [-0.2, -0.15) is 0 Å². The molecule has 1 rings (SSSR count). The second-order valence-electron chi connectivity index (χ2n) is 3.06. The molecule has 15 heavy (non-hydrogen) atoms. The number of carboxylic acids is 1. The number of furan rings is 1. The van der Waals surface area contributed by atoms with Crippen molar-refractivity contribution in [2.45, 2.75) is 6.92 Å². The first-order valence-electron chi connectivity index (χ1n) is 4.26. The number of hydrogen-bond acceptors (Lipinski definition) is 3. The molecule has 1 aromatic heterocycles. The zero-order valence-electron chi connectivity index (χ0n) is 7.99. The topological polar surface area (TPSA) is 79.5 Å². The van der Waals surface area contributed by atoms with Crippen molar-refractivity contribution in [2.75, 3.05) is 6.54 Å². The molecule has 0 saturated heterocycles. The lowest BCUT2D eigenvalue weighted by Crippen LogP contribution is -2.31. The summed E-state index contributed by atoms with van der Waals surface area (Å²) < 4.78 is 4.73. The number of rotatable bonds is 4. The lowest BCUT2D eigenvalue weighted by atomic mass is 10.2. The van der Waals surface area contributed by atoms with Gasteiger partial charge in [-0.15, -0.1) is 0 Å². The second-order valence-corrected chi connectivity index (χ2v) is 3.40. The largest absolute Gasteiger partial charge is 0.481 e. The van der Waals surface area contributed by atoms with E-state index in [0.717, 1.165) is 0 Å². The molecule has 0 spiro atoms. The van der Waals surface area contributed by atoms with E-state index in [-0.39, 0.29) is 17.3 Å². The molecule has 0 fully saturated rings. The van der Waals surface area contributed by atoms with Crippen molar-refractivity contribution in [2.24, 2.45) is 5.92 Å². The molecule has 0 aliphatic rings. The molecule has 0 aromatic carbocycles. The Labute approximate surface area is 91.0 Å². The van der Waals surface area contributed by atoms with Gasteiger partial charge in [-0.05, 0) is 17.7 Å². The Kier molecular flexibility index (Phi) is 3.74. The standard InChI is InChI=1S/C9H10ClNO4/c1-5(9(13)14)4-11-8(12)6-2-3-15-7(6)10/h2-3,5H,4H2,1H3,(H,11,12)(H,13,14). The Hall–Kier alpha value is -1.49. The van der Waals surface area contributed by atoms with Crippen molar-refractivity contribution in [1.82, 2.24) is 5.32 Å². The van der Waals surface area contributed by atoms with E-state index in [0.29, 0.717) is 0 Å². The Morgan fingerprint density at radius 1 is 1.67 bits per heavy atom. The molecule has 1 unspecified atom stereocenters. The van der Waals surface area contributed by atoms with Crippen LogP contribution in [0.1, 0.15) is 17.3 Å². The minimum Gasteiger partial charge on any atom is -0.481 e. The van der Waals surface area contributed by atoms with E-state index in [2.05, 4.69) is 5.32 Å². The summed E-state index contributed by atoms with van der Waals surface area (Å²) in [4.78, 5) is 21.9. The van der Waals surface area contributed by atoms with Gasteiger partial charge in [-0.1, -0.05) is 6.92 Å². The average Bonchev–Trinajstić information content (AvgIpc) is 2.60. The first-order valence-corrected chi connectivity index (χ1v) is 4.64. The summed E-state index contributed by atoms with van der Waals surface area (Å²) in [5.41, 5.74) is 0.203. The molecule has 0 aliphatic carbocycles. The quantitative estimate of drug-likeness (QED) is 0.821.